The highest BCUT2D eigenvalue weighted by Gasteiger charge is 2.30. The van der Waals surface area contributed by atoms with Crippen LogP contribution >= 0.6 is 11.6 Å². The number of benzene rings is 3. The predicted molar refractivity (Wildman–Crippen MR) is 170 cm³/mol. The van der Waals surface area contributed by atoms with Crippen molar-refractivity contribution in [1.82, 2.24) is 9.29 Å². The summed E-state index contributed by atoms with van der Waals surface area (Å²) in [4.78, 5) is 12.6. The molecule has 0 fully saturated rings. The van der Waals surface area contributed by atoms with Crippen LogP contribution in [0, 0.1) is 18.8 Å². The number of carbonyl (C=O) groups excluding carboxylic acids is 1. The first-order valence-corrected chi connectivity index (χ1v) is 16.4. The van der Waals surface area contributed by atoms with E-state index < -0.39 is 22.0 Å². The molecule has 44 heavy (non-hydrogen) atoms. The van der Waals surface area contributed by atoms with Gasteiger partial charge in [-0.05, 0) is 90.8 Å². The predicted octanol–water partition coefficient (Wildman–Crippen LogP) is 5.67. The number of ether oxygens (including phenoxy) is 2. The Morgan fingerprint density at radius 3 is 2.30 bits per heavy atom. The first kappa shape index (κ1) is 31.6. The fourth-order valence-corrected chi connectivity index (χ4v) is 7.43. The first-order chi connectivity index (χ1) is 21.1. The van der Waals surface area contributed by atoms with Crippen LogP contribution < -0.4 is 14.2 Å². The number of amides is 1. The number of nitrogens with one attached hydrogen (secondary N) is 1. The molecule has 0 bridgehead atoms. The van der Waals surface area contributed by atoms with E-state index in [4.69, 9.17) is 21.1 Å². The molecule has 8 nitrogen and oxygen atoms in total. The average molecular weight is 637 g/mol. The molecule has 0 saturated carbocycles. The summed E-state index contributed by atoms with van der Waals surface area (Å²) < 4.78 is 40.6. The van der Waals surface area contributed by atoms with E-state index in [0.29, 0.717) is 35.1 Å². The van der Waals surface area contributed by atoms with Gasteiger partial charge >= 0.3 is 0 Å². The minimum absolute atomic E-state index is 0.0776. The molecule has 10 heteroatoms. The van der Waals surface area contributed by atoms with Gasteiger partial charge < -0.3 is 19.1 Å². The first-order valence-electron chi connectivity index (χ1n) is 14.5. The molecule has 1 heterocycles. The molecule has 0 saturated heterocycles. The van der Waals surface area contributed by atoms with Crippen LogP contribution in [0.2, 0.25) is 5.02 Å². The fourth-order valence-electron chi connectivity index (χ4n) is 6.14. The number of rotatable bonds is 12. The quantitative estimate of drug-likeness (QED) is 0.208. The third-order valence-electron chi connectivity index (χ3n) is 8.31. The number of hydrogen-bond donors (Lipinski definition) is 2. The molecule has 0 radical (unpaired) electrons. The number of methoxy groups -OCH3 is 2. The monoisotopic (exact) mass is 636 g/mol. The normalized spacial score (nSPS) is 14.6. The Bertz CT molecular complexity index is 1700. The average Bonchev–Trinajstić information content (AvgIpc) is 3.62. The van der Waals surface area contributed by atoms with Gasteiger partial charge in [-0.3, -0.25) is 4.79 Å². The highest BCUT2D eigenvalue weighted by atomic mass is 35.5. The standard InChI is InChI=1S/C34H37ClN2O6S/c1-22-31(42-2)17-27(18-32(22)43-3)34(39)28(15-24-13-25-7-4-5-8-26(25)14-24)21-37-12-11-23(20-37)16-33(38)36-44(40,41)30-10-6-9-29(35)19-30/h4-12,17-20,24,28,34,39H,13-16,21H2,1-3H3,(H,36,38)/t28-,34-/m1/s1. The molecule has 2 N–H and O–H groups in total. The number of nitrogens with zero attached hydrogens (tertiary/aromatic N) is 1. The highest BCUT2D eigenvalue weighted by Crippen LogP contribution is 2.39. The van der Waals surface area contributed by atoms with Crippen molar-refractivity contribution >= 4 is 27.5 Å². The topological polar surface area (TPSA) is 107 Å². The zero-order valence-corrected chi connectivity index (χ0v) is 26.6. The molecule has 4 aromatic rings. The van der Waals surface area contributed by atoms with Crippen LogP contribution in [0.3, 0.4) is 0 Å². The van der Waals surface area contributed by atoms with Crippen molar-refractivity contribution in [2.24, 2.45) is 11.8 Å². The van der Waals surface area contributed by atoms with Crippen molar-refractivity contribution in [1.29, 1.82) is 0 Å². The summed E-state index contributed by atoms with van der Waals surface area (Å²) in [7, 11) is -0.851. The van der Waals surface area contributed by atoms with Crippen molar-refractivity contribution in [3.63, 3.8) is 0 Å². The number of hydrogen-bond acceptors (Lipinski definition) is 6. The molecule has 232 valence electrons. The Kier molecular flexibility index (Phi) is 9.68. The molecule has 3 aromatic carbocycles. The Hall–Kier alpha value is -3.79. The molecule has 2 atom stereocenters. The van der Waals surface area contributed by atoms with Crippen LogP contribution in [0.25, 0.3) is 0 Å². The molecule has 5 rings (SSSR count). The minimum Gasteiger partial charge on any atom is -0.496 e. The van der Waals surface area contributed by atoms with Crippen LogP contribution in [0.4, 0.5) is 0 Å². The maximum absolute atomic E-state index is 12.7. The molecule has 0 spiro atoms. The van der Waals surface area contributed by atoms with E-state index in [2.05, 4.69) is 29.0 Å². The molecule has 1 aromatic heterocycles. The second kappa shape index (κ2) is 13.5. The summed E-state index contributed by atoms with van der Waals surface area (Å²) in [6.07, 6.45) is 5.44. The second-order valence-electron chi connectivity index (χ2n) is 11.4. The van der Waals surface area contributed by atoms with Crippen LogP contribution in [0.5, 0.6) is 11.5 Å². The van der Waals surface area contributed by atoms with E-state index in [0.717, 1.165) is 24.8 Å². The lowest BCUT2D eigenvalue weighted by molar-refractivity contribution is -0.118. The van der Waals surface area contributed by atoms with Crippen LogP contribution in [0.15, 0.2) is 84.0 Å². The lowest BCUT2D eigenvalue weighted by Gasteiger charge is -2.27. The van der Waals surface area contributed by atoms with Gasteiger partial charge in [-0.15, -0.1) is 0 Å². The van der Waals surface area contributed by atoms with E-state index in [-0.39, 0.29) is 22.3 Å². The number of aliphatic hydroxyl groups excluding tert-OH is 1. The molecule has 1 aliphatic carbocycles. The van der Waals surface area contributed by atoms with Gasteiger partial charge in [0.15, 0.2) is 0 Å². The lowest BCUT2D eigenvalue weighted by atomic mass is 9.85. The van der Waals surface area contributed by atoms with Gasteiger partial charge in [-0.2, -0.15) is 0 Å². The summed E-state index contributed by atoms with van der Waals surface area (Å²) in [6, 6.07) is 19.7. The Labute approximate surface area is 263 Å². The second-order valence-corrected chi connectivity index (χ2v) is 13.5. The van der Waals surface area contributed by atoms with Gasteiger partial charge in [0.2, 0.25) is 5.91 Å². The summed E-state index contributed by atoms with van der Waals surface area (Å²) in [5.41, 5.74) is 4.93. The van der Waals surface area contributed by atoms with Crippen LogP contribution in [-0.4, -0.2) is 38.2 Å². The van der Waals surface area contributed by atoms with E-state index in [1.807, 2.05) is 36.0 Å². The lowest BCUT2D eigenvalue weighted by Crippen LogP contribution is -2.31. The Balaban J connectivity index is 1.33. The zero-order valence-electron chi connectivity index (χ0n) is 25.0. The van der Waals surface area contributed by atoms with Gasteiger partial charge in [0.05, 0.1) is 31.6 Å². The van der Waals surface area contributed by atoms with Crippen molar-refractivity contribution < 1.29 is 27.8 Å². The summed E-state index contributed by atoms with van der Waals surface area (Å²) >= 11 is 5.93. The maximum atomic E-state index is 12.7. The summed E-state index contributed by atoms with van der Waals surface area (Å²) in [5, 5.41) is 12.1. The molecule has 0 aliphatic heterocycles. The highest BCUT2D eigenvalue weighted by molar-refractivity contribution is 7.90. The van der Waals surface area contributed by atoms with Crippen molar-refractivity contribution in [2.45, 2.75) is 50.2 Å². The molecule has 0 unspecified atom stereocenters. The number of aliphatic hydroxyl groups is 1. The van der Waals surface area contributed by atoms with Crippen LogP contribution in [-0.2, 0) is 40.6 Å². The number of aromatic nitrogens is 1. The van der Waals surface area contributed by atoms with Gasteiger partial charge in [0.1, 0.15) is 11.5 Å². The SMILES string of the molecule is COc1cc([C@@H](O)[C@H](CC2Cc3ccccc3C2)Cn2ccc(CC(=O)NS(=O)(=O)c3cccc(Cl)c3)c2)cc(OC)c1C. The van der Waals surface area contributed by atoms with Gasteiger partial charge in [-0.1, -0.05) is 41.9 Å². The smallest absolute Gasteiger partial charge is 0.264 e. The zero-order chi connectivity index (χ0) is 31.4. The molecular formula is C34H37ClN2O6S. The Morgan fingerprint density at radius 2 is 1.68 bits per heavy atom. The largest absolute Gasteiger partial charge is 0.496 e. The fraction of sp³-hybridized carbons (Fsp3) is 0.324. The third-order valence-corrected chi connectivity index (χ3v) is 9.92. The van der Waals surface area contributed by atoms with E-state index in [1.54, 1.807) is 26.4 Å². The van der Waals surface area contributed by atoms with Crippen molar-refractivity contribution in [2.75, 3.05) is 14.2 Å². The Morgan fingerprint density at radius 1 is 1.02 bits per heavy atom. The maximum Gasteiger partial charge on any atom is 0.264 e. The van der Waals surface area contributed by atoms with Crippen molar-refractivity contribution in [3.8, 4) is 11.5 Å². The molecule has 1 amide bonds. The summed E-state index contributed by atoms with van der Waals surface area (Å²) in [5.74, 6) is 0.851. The molecule has 1 aliphatic rings. The van der Waals surface area contributed by atoms with Crippen molar-refractivity contribution in [3.05, 3.63) is 112 Å². The summed E-state index contributed by atoms with van der Waals surface area (Å²) in [6.45, 7) is 2.41. The van der Waals surface area contributed by atoms with E-state index in [9.17, 15) is 18.3 Å². The number of sulfonamides is 1. The minimum atomic E-state index is -4.05. The van der Waals surface area contributed by atoms with Gasteiger partial charge in [-0.25, -0.2) is 13.1 Å². The van der Waals surface area contributed by atoms with Gasteiger partial charge in [0.25, 0.3) is 10.0 Å². The van der Waals surface area contributed by atoms with Crippen LogP contribution in [0.1, 0.15) is 40.3 Å². The molecular weight excluding hydrogens is 600 g/mol. The number of halogens is 1. The van der Waals surface area contributed by atoms with Gasteiger partial charge in [0, 0.05) is 35.4 Å². The number of fused-ring (bicyclic) bond motifs is 1. The third kappa shape index (κ3) is 7.29. The van der Waals surface area contributed by atoms with E-state index >= 15 is 0 Å². The van der Waals surface area contributed by atoms with E-state index in [1.165, 1.54) is 29.3 Å². The number of carbonyl (C=O) groups is 1.